The predicted molar refractivity (Wildman–Crippen MR) is 80.8 cm³/mol. The molecule has 0 saturated carbocycles. The van der Waals surface area contributed by atoms with Crippen LogP contribution in [0.3, 0.4) is 0 Å². The second-order valence-corrected chi connectivity index (χ2v) is 4.99. The number of ether oxygens (including phenoxy) is 1. The van der Waals surface area contributed by atoms with Gasteiger partial charge in [0.25, 0.3) is 0 Å². The summed E-state index contributed by atoms with van der Waals surface area (Å²) in [5, 5.41) is 0. The highest BCUT2D eigenvalue weighted by molar-refractivity contribution is 6.12. The summed E-state index contributed by atoms with van der Waals surface area (Å²) in [6, 6.07) is 7.43. The molecule has 0 aliphatic rings. The maximum Gasteiger partial charge on any atom is 0.355 e. The highest BCUT2D eigenvalue weighted by atomic mass is 16.5. The molecule has 0 aliphatic carbocycles. The molecular weight excluding hydrogens is 266 g/mol. The third-order valence-corrected chi connectivity index (χ3v) is 3.53. The van der Waals surface area contributed by atoms with Crippen LogP contribution in [-0.2, 0) is 4.74 Å². The number of benzene rings is 1. The normalized spacial score (nSPS) is 10.5. The van der Waals surface area contributed by atoms with E-state index >= 15 is 0 Å². The highest BCUT2D eigenvalue weighted by Crippen LogP contribution is 2.23. The molecule has 0 unspecified atom stereocenters. The van der Waals surface area contributed by atoms with E-state index in [4.69, 9.17) is 4.74 Å². The Morgan fingerprint density at radius 2 is 1.81 bits per heavy atom. The van der Waals surface area contributed by atoms with Gasteiger partial charge in [-0.1, -0.05) is 24.3 Å². The van der Waals surface area contributed by atoms with Gasteiger partial charge in [-0.05, 0) is 38.8 Å². The SMILES string of the molecule is CCOC(=O)c1[nH]c(C)c(C(=O)c2ccccc2C)c1C. The van der Waals surface area contributed by atoms with Crippen LogP contribution in [0.4, 0.5) is 0 Å². The fourth-order valence-electron chi connectivity index (χ4n) is 2.46. The maximum atomic E-state index is 12.7. The van der Waals surface area contributed by atoms with Crippen molar-refractivity contribution in [1.29, 1.82) is 0 Å². The minimum Gasteiger partial charge on any atom is -0.461 e. The zero-order valence-electron chi connectivity index (χ0n) is 12.7. The van der Waals surface area contributed by atoms with Gasteiger partial charge in [-0.25, -0.2) is 4.79 Å². The molecule has 1 aromatic carbocycles. The van der Waals surface area contributed by atoms with Crippen molar-refractivity contribution in [3.05, 3.63) is 57.9 Å². The van der Waals surface area contributed by atoms with Gasteiger partial charge in [0, 0.05) is 16.8 Å². The Bertz CT molecular complexity index is 698. The second-order valence-electron chi connectivity index (χ2n) is 4.99. The molecule has 0 bridgehead atoms. The number of carbonyl (C=O) groups excluding carboxylic acids is 2. The number of ketones is 1. The molecule has 4 heteroatoms. The van der Waals surface area contributed by atoms with Crippen molar-refractivity contribution >= 4 is 11.8 Å². The summed E-state index contributed by atoms with van der Waals surface area (Å²) >= 11 is 0. The third kappa shape index (κ3) is 2.75. The zero-order valence-corrected chi connectivity index (χ0v) is 12.7. The molecule has 2 rings (SSSR count). The Hall–Kier alpha value is -2.36. The van der Waals surface area contributed by atoms with Crippen LogP contribution in [0.1, 0.15) is 50.2 Å². The Labute approximate surface area is 124 Å². The molecule has 110 valence electrons. The van der Waals surface area contributed by atoms with Crippen LogP contribution in [0, 0.1) is 20.8 Å². The molecule has 1 heterocycles. The van der Waals surface area contributed by atoms with Gasteiger partial charge in [-0.3, -0.25) is 4.79 Å². The first-order valence-corrected chi connectivity index (χ1v) is 6.94. The van der Waals surface area contributed by atoms with E-state index in [-0.39, 0.29) is 5.78 Å². The highest BCUT2D eigenvalue weighted by Gasteiger charge is 2.24. The van der Waals surface area contributed by atoms with Crippen LogP contribution in [0.25, 0.3) is 0 Å². The average Bonchev–Trinajstić information content (AvgIpc) is 2.74. The molecule has 4 nitrogen and oxygen atoms in total. The molecule has 0 aliphatic heterocycles. The molecule has 0 saturated heterocycles. The lowest BCUT2D eigenvalue weighted by atomic mass is 9.96. The molecule has 1 aromatic heterocycles. The molecular formula is C17H19NO3. The number of rotatable bonds is 4. The molecule has 0 radical (unpaired) electrons. The number of nitrogens with one attached hydrogen (secondary N) is 1. The standard InChI is InChI=1S/C17H19NO3/c1-5-21-17(20)15-11(3)14(12(4)18-15)16(19)13-9-7-6-8-10(13)2/h6-9,18H,5H2,1-4H3. The van der Waals surface area contributed by atoms with Crippen molar-refractivity contribution in [2.45, 2.75) is 27.7 Å². The van der Waals surface area contributed by atoms with E-state index in [9.17, 15) is 9.59 Å². The lowest BCUT2D eigenvalue weighted by molar-refractivity contribution is 0.0519. The summed E-state index contributed by atoms with van der Waals surface area (Å²) < 4.78 is 5.00. The van der Waals surface area contributed by atoms with Crippen LogP contribution in [0.15, 0.2) is 24.3 Å². The van der Waals surface area contributed by atoms with Crippen LogP contribution < -0.4 is 0 Å². The molecule has 1 N–H and O–H groups in total. The van der Waals surface area contributed by atoms with Crippen molar-refractivity contribution in [2.24, 2.45) is 0 Å². The van der Waals surface area contributed by atoms with E-state index in [1.54, 1.807) is 26.8 Å². The van der Waals surface area contributed by atoms with Gasteiger partial charge in [0.2, 0.25) is 0 Å². The van der Waals surface area contributed by atoms with Gasteiger partial charge in [0.1, 0.15) is 5.69 Å². The van der Waals surface area contributed by atoms with E-state index < -0.39 is 5.97 Å². The number of esters is 1. The quantitative estimate of drug-likeness (QED) is 0.692. The van der Waals surface area contributed by atoms with Gasteiger partial charge in [0.05, 0.1) is 6.61 Å². The van der Waals surface area contributed by atoms with E-state index in [0.717, 1.165) is 5.56 Å². The molecule has 0 atom stereocenters. The minimum atomic E-state index is -0.429. The summed E-state index contributed by atoms with van der Waals surface area (Å²) in [5.41, 5.74) is 3.79. The van der Waals surface area contributed by atoms with Crippen LogP contribution >= 0.6 is 0 Å². The summed E-state index contributed by atoms with van der Waals surface area (Å²) in [5.74, 6) is -0.503. The first kappa shape index (κ1) is 15.0. The van der Waals surface area contributed by atoms with Gasteiger partial charge < -0.3 is 9.72 Å². The van der Waals surface area contributed by atoms with Gasteiger partial charge >= 0.3 is 5.97 Å². The maximum absolute atomic E-state index is 12.7. The Morgan fingerprint density at radius 3 is 2.43 bits per heavy atom. The lowest BCUT2D eigenvalue weighted by Crippen LogP contribution is -2.08. The number of aryl methyl sites for hydroxylation is 2. The molecule has 2 aromatic rings. The first-order chi connectivity index (χ1) is 9.97. The van der Waals surface area contributed by atoms with Crippen molar-refractivity contribution in [3.63, 3.8) is 0 Å². The van der Waals surface area contributed by atoms with Gasteiger partial charge in [-0.2, -0.15) is 0 Å². The lowest BCUT2D eigenvalue weighted by Gasteiger charge is -2.06. The summed E-state index contributed by atoms with van der Waals surface area (Å²) in [6.07, 6.45) is 0. The van der Waals surface area contributed by atoms with Crippen molar-refractivity contribution in [1.82, 2.24) is 4.98 Å². The van der Waals surface area contributed by atoms with Gasteiger partial charge in [0.15, 0.2) is 5.78 Å². The van der Waals surface area contributed by atoms with Crippen molar-refractivity contribution in [2.75, 3.05) is 6.61 Å². The third-order valence-electron chi connectivity index (χ3n) is 3.53. The summed E-state index contributed by atoms with van der Waals surface area (Å²) in [7, 11) is 0. The fourth-order valence-corrected chi connectivity index (χ4v) is 2.46. The molecule has 0 spiro atoms. The smallest absolute Gasteiger partial charge is 0.355 e. The molecule has 21 heavy (non-hydrogen) atoms. The molecule has 0 amide bonds. The summed E-state index contributed by atoms with van der Waals surface area (Å²) in [6.45, 7) is 7.51. The average molecular weight is 285 g/mol. The molecule has 0 fully saturated rings. The van der Waals surface area contributed by atoms with Crippen LogP contribution in [-0.4, -0.2) is 23.3 Å². The van der Waals surface area contributed by atoms with E-state index in [0.29, 0.717) is 34.7 Å². The van der Waals surface area contributed by atoms with Crippen molar-refractivity contribution < 1.29 is 14.3 Å². The van der Waals surface area contributed by atoms with E-state index in [1.807, 2.05) is 25.1 Å². The van der Waals surface area contributed by atoms with Gasteiger partial charge in [-0.15, -0.1) is 0 Å². The fraction of sp³-hybridized carbons (Fsp3) is 0.294. The zero-order chi connectivity index (χ0) is 15.6. The Morgan fingerprint density at radius 1 is 1.14 bits per heavy atom. The van der Waals surface area contributed by atoms with E-state index in [2.05, 4.69) is 4.98 Å². The number of hydrogen-bond acceptors (Lipinski definition) is 3. The van der Waals surface area contributed by atoms with E-state index in [1.165, 1.54) is 0 Å². The number of carbonyl (C=O) groups is 2. The second kappa shape index (κ2) is 5.95. The monoisotopic (exact) mass is 285 g/mol. The Balaban J connectivity index is 2.48. The van der Waals surface area contributed by atoms with Crippen LogP contribution in [0.5, 0.6) is 0 Å². The van der Waals surface area contributed by atoms with Crippen molar-refractivity contribution in [3.8, 4) is 0 Å². The van der Waals surface area contributed by atoms with Crippen LogP contribution in [0.2, 0.25) is 0 Å². The topological polar surface area (TPSA) is 59.2 Å². The number of H-pyrrole nitrogens is 1. The summed E-state index contributed by atoms with van der Waals surface area (Å²) in [4.78, 5) is 27.6. The number of hydrogen-bond donors (Lipinski definition) is 1. The predicted octanol–water partition coefficient (Wildman–Crippen LogP) is 3.35. The minimum absolute atomic E-state index is 0.0742. The number of aromatic amines is 1. The number of aromatic nitrogens is 1. The largest absolute Gasteiger partial charge is 0.461 e. The first-order valence-electron chi connectivity index (χ1n) is 6.94. The Kier molecular flexibility index (Phi) is 4.26.